The van der Waals surface area contributed by atoms with Crippen molar-refractivity contribution in [1.29, 1.82) is 0 Å². The minimum absolute atomic E-state index is 0.0195. The lowest BCUT2D eigenvalue weighted by Gasteiger charge is -2.27. The highest BCUT2D eigenvalue weighted by molar-refractivity contribution is 5.79. The van der Waals surface area contributed by atoms with Crippen molar-refractivity contribution in [3.05, 3.63) is 35.9 Å². The summed E-state index contributed by atoms with van der Waals surface area (Å²) in [6.45, 7) is 4.15. The van der Waals surface area contributed by atoms with E-state index < -0.39 is 5.97 Å². The van der Waals surface area contributed by atoms with E-state index in [1.807, 2.05) is 37.3 Å². The average molecular weight is 249 g/mol. The van der Waals surface area contributed by atoms with Gasteiger partial charge in [-0.1, -0.05) is 30.3 Å². The summed E-state index contributed by atoms with van der Waals surface area (Å²) in [5, 5.41) is 8.76. The molecular weight excluding hydrogens is 230 g/mol. The lowest BCUT2D eigenvalue weighted by molar-refractivity contribution is -0.140. The summed E-state index contributed by atoms with van der Waals surface area (Å²) >= 11 is 0. The number of benzene rings is 1. The molecule has 4 nitrogen and oxygen atoms in total. The fourth-order valence-corrected chi connectivity index (χ4v) is 1.97. The zero-order valence-electron chi connectivity index (χ0n) is 10.8. The zero-order valence-corrected chi connectivity index (χ0v) is 10.8. The van der Waals surface area contributed by atoms with Gasteiger partial charge in [0.05, 0.1) is 12.8 Å². The molecule has 0 spiro atoms. The predicted octanol–water partition coefficient (Wildman–Crippen LogP) is 1.94. The van der Waals surface area contributed by atoms with E-state index in [4.69, 9.17) is 5.11 Å². The van der Waals surface area contributed by atoms with E-state index in [2.05, 4.69) is 0 Å². The molecule has 1 atom stereocenters. The molecule has 0 heterocycles. The standard InChI is InChI=1S/C14H19NO3/c1-3-15(11(2)9-14(17)18)13(16)10-12-7-5-4-6-8-12/h4-8,11H,3,9-10H2,1-2H3,(H,17,18). The van der Waals surface area contributed by atoms with Crippen LogP contribution in [0.1, 0.15) is 25.8 Å². The molecule has 1 N–H and O–H groups in total. The molecule has 0 aliphatic rings. The maximum absolute atomic E-state index is 12.1. The first-order chi connectivity index (χ1) is 8.54. The third-order valence-corrected chi connectivity index (χ3v) is 2.86. The van der Waals surface area contributed by atoms with E-state index in [0.717, 1.165) is 5.56 Å². The van der Waals surface area contributed by atoms with E-state index in [9.17, 15) is 9.59 Å². The van der Waals surface area contributed by atoms with Gasteiger partial charge in [-0.15, -0.1) is 0 Å². The highest BCUT2D eigenvalue weighted by Crippen LogP contribution is 2.08. The molecule has 1 amide bonds. The normalized spacial score (nSPS) is 11.9. The van der Waals surface area contributed by atoms with Crippen LogP contribution in [0.15, 0.2) is 30.3 Å². The van der Waals surface area contributed by atoms with Gasteiger partial charge in [-0.3, -0.25) is 9.59 Å². The van der Waals surface area contributed by atoms with Crippen molar-refractivity contribution in [3.8, 4) is 0 Å². The summed E-state index contributed by atoms with van der Waals surface area (Å²) in [6, 6.07) is 9.20. The van der Waals surface area contributed by atoms with Gasteiger partial charge in [0.25, 0.3) is 0 Å². The molecular formula is C14H19NO3. The molecule has 0 aliphatic carbocycles. The van der Waals surface area contributed by atoms with Gasteiger partial charge >= 0.3 is 5.97 Å². The molecule has 1 rings (SSSR count). The van der Waals surface area contributed by atoms with Gasteiger partial charge in [0.15, 0.2) is 0 Å². The van der Waals surface area contributed by atoms with E-state index >= 15 is 0 Å². The molecule has 1 aromatic carbocycles. The van der Waals surface area contributed by atoms with Gasteiger partial charge in [0, 0.05) is 12.6 Å². The van der Waals surface area contributed by atoms with Crippen molar-refractivity contribution in [2.45, 2.75) is 32.7 Å². The lowest BCUT2D eigenvalue weighted by atomic mass is 10.1. The Kier molecular flexibility index (Phi) is 5.36. The molecule has 1 aromatic rings. The fraction of sp³-hybridized carbons (Fsp3) is 0.429. The van der Waals surface area contributed by atoms with Crippen molar-refractivity contribution in [1.82, 2.24) is 4.90 Å². The Hall–Kier alpha value is -1.84. The quantitative estimate of drug-likeness (QED) is 0.838. The average Bonchev–Trinajstić information content (AvgIpc) is 2.30. The Balaban J connectivity index is 2.65. The largest absolute Gasteiger partial charge is 0.481 e. The van der Waals surface area contributed by atoms with Crippen LogP contribution in [0.3, 0.4) is 0 Å². The first kappa shape index (κ1) is 14.2. The van der Waals surface area contributed by atoms with Crippen LogP contribution in [-0.4, -0.2) is 34.5 Å². The van der Waals surface area contributed by atoms with Crippen LogP contribution in [0.5, 0.6) is 0 Å². The number of amides is 1. The summed E-state index contributed by atoms with van der Waals surface area (Å²) in [7, 11) is 0. The Morgan fingerprint density at radius 2 is 1.89 bits per heavy atom. The summed E-state index contributed by atoms with van der Waals surface area (Å²) in [5.74, 6) is -0.911. The molecule has 0 aliphatic heterocycles. The Morgan fingerprint density at radius 1 is 1.28 bits per heavy atom. The fourth-order valence-electron chi connectivity index (χ4n) is 1.97. The van der Waals surface area contributed by atoms with Crippen molar-refractivity contribution >= 4 is 11.9 Å². The monoisotopic (exact) mass is 249 g/mol. The minimum Gasteiger partial charge on any atom is -0.481 e. The van der Waals surface area contributed by atoms with E-state index in [1.165, 1.54) is 0 Å². The van der Waals surface area contributed by atoms with Gasteiger partial charge in [0.2, 0.25) is 5.91 Å². The third kappa shape index (κ3) is 4.20. The number of hydrogen-bond donors (Lipinski definition) is 1. The third-order valence-electron chi connectivity index (χ3n) is 2.86. The maximum Gasteiger partial charge on any atom is 0.305 e. The second-order valence-electron chi connectivity index (χ2n) is 4.29. The molecule has 0 saturated heterocycles. The highest BCUT2D eigenvalue weighted by Gasteiger charge is 2.20. The van der Waals surface area contributed by atoms with Gasteiger partial charge in [-0.05, 0) is 19.4 Å². The second kappa shape index (κ2) is 6.79. The number of hydrogen-bond acceptors (Lipinski definition) is 2. The lowest BCUT2D eigenvalue weighted by Crippen LogP contribution is -2.40. The van der Waals surface area contributed by atoms with Crippen molar-refractivity contribution in [2.24, 2.45) is 0 Å². The number of carboxylic acids is 1. The number of likely N-dealkylation sites (N-methyl/N-ethyl adjacent to an activating group) is 1. The molecule has 4 heteroatoms. The van der Waals surface area contributed by atoms with E-state index in [-0.39, 0.29) is 18.4 Å². The van der Waals surface area contributed by atoms with Crippen LogP contribution in [0.25, 0.3) is 0 Å². The molecule has 0 aromatic heterocycles. The van der Waals surface area contributed by atoms with Gasteiger partial charge < -0.3 is 10.0 Å². The number of carbonyl (C=O) groups excluding carboxylic acids is 1. The summed E-state index contributed by atoms with van der Waals surface area (Å²) < 4.78 is 0. The predicted molar refractivity (Wildman–Crippen MR) is 69.2 cm³/mol. The minimum atomic E-state index is -0.881. The Morgan fingerprint density at radius 3 is 2.39 bits per heavy atom. The molecule has 98 valence electrons. The summed E-state index contributed by atoms with van der Waals surface area (Å²) in [5.41, 5.74) is 0.948. The molecule has 0 bridgehead atoms. The molecule has 0 fully saturated rings. The van der Waals surface area contributed by atoms with Crippen LogP contribution in [0.2, 0.25) is 0 Å². The number of carboxylic acid groups (broad SMARTS) is 1. The number of rotatable bonds is 6. The summed E-state index contributed by atoms with van der Waals surface area (Å²) in [4.78, 5) is 24.4. The van der Waals surface area contributed by atoms with Crippen LogP contribution in [-0.2, 0) is 16.0 Å². The topological polar surface area (TPSA) is 57.6 Å². The zero-order chi connectivity index (χ0) is 13.5. The Bertz CT molecular complexity index is 403. The smallest absolute Gasteiger partial charge is 0.305 e. The van der Waals surface area contributed by atoms with Crippen molar-refractivity contribution in [3.63, 3.8) is 0 Å². The second-order valence-corrected chi connectivity index (χ2v) is 4.29. The van der Waals surface area contributed by atoms with Crippen molar-refractivity contribution < 1.29 is 14.7 Å². The first-order valence-corrected chi connectivity index (χ1v) is 6.09. The van der Waals surface area contributed by atoms with Gasteiger partial charge in [-0.25, -0.2) is 0 Å². The highest BCUT2D eigenvalue weighted by atomic mass is 16.4. The molecule has 1 unspecified atom stereocenters. The first-order valence-electron chi connectivity index (χ1n) is 6.09. The van der Waals surface area contributed by atoms with Crippen LogP contribution < -0.4 is 0 Å². The van der Waals surface area contributed by atoms with Gasteiger partial charge in [0.1, 0.15) is 0 Å². The number of aliphatic carboxylic acids is 1. The van der Waals surface area contributed by atoms with Crippen LogP contribution in [0, 0.1) is 0 Å². The molecule has 0 saturated carbocycles. The van der Waals surface area contributed by atoms with E-state index in [0.29, 0.717) is 13.0 Å². The van der Waals surface area contributed by atoms with Crippen molar-refractivity contribution in [2.75, 3.05) is 6.54 Å². The van der Waals surface area contributed by atoms with E-state index in [1.54, 1.807) is 11.8 Å². The maximum atomic E-state index is 12.1. The van der Waals surface area contributed by atoms with Gasteiger partial charge in [-0.2, -0.15) is 0 Å². The number of carbonyl (C=O) groups is 2. The SMILES string of the molecule is CCN(C(=O)Cc1ccccc1)C(C)CC(=O)O. The molecule has 0 radical (unpaired) electrons. The number of nitrogens with zero attached hydrogens (tertiary/aromatic N) is 1. The molecule has 18 heavy (non-hydrogen) atoms. The van der Waals surface area contributed by atoms with Crippen LogP contribution >= 0.6 is 0 Å². The summed E-state index contributed by atoms with van der Waals surface area (Å²) in [6.07, 6.45) is 0.299. The Labute approximate surface area is 107 Å². The van der Waals surface area contributed by atoms with Crippen LogP contribution in [0.4, 0.5) is 0 Å².